The van der Waals surface area contributed by atoms with Crippen molar-refractivity contribution in [3.05, 3.63) is 86.9 Å². The fraction of sp³-hybridized carbons (Fsp3) is 0.227. The number of allylic oxidation sites excluding steroid dienone is 2. The fourth-order valence-corrected chi connectivity index (χ4v) is 4.04. The van der Waals surface area contributed by atoms with Gasteiger partial charge in [0.15, 0.2) is 0 Å². The number of nitro groups is 1. The topological polar surface area (TPSA) is 101 Å². The van der Waals surface area contributed by atoms with E-state index < -0.39 is 34.5 Å². The summed E-state index contributed by atoms with van der Waals surface area (Å²) in [5.74, 6) is -2.57. The van der Waals surface area contributed by atoms with E-state index in [1.807, 2.05) is 12.2 Å². The summed E-state index contributed by atoms with van der Waals surface area (Å²) in [6, 6.07) is 11.9. The Hall–Kier alpha value is -3.52. The number of amides is 3. The van der Waals surface area contributed by atoms with Crippen molar-refractivity contribution < 1.29 is 19.3 Å². The van der Waals surface area contributed by atoms with Gasteiger partial charge in [-0.05, 0) is 36.6 Å². The van der Waals surface area contributed by atoms with E-state index >= 15 is 0 Å². The predicted molar refractivity (Wildman–Crippen MR) is 112 cm³/mol. The predicted octanol–water partition coefficient (Wildman–Crippen LogP) is 3.76. The average molecular weight is 440 g/mol. The van der Waals surface area contributed by atoms with Gasteiger partial charge in [0.25, 0.3) is 23.4 Å². The highest BCUT2D eigenvalue weighted by Crippen LogP contribution is 2.36. The van der Waals surface area contributed by atoms with E-state index in [1.54, 1.807) is 24.3 Å². The molecule has 0 bridgehead atoms. The van der Waals surface area contributed by atoms with Crippen molar-refractivity contribution in [1.82, 2.24) is 10.0 Å². The summed E-state index contributed by atoms with van der Waals surface area (Å²) in [6.07, 6.45) is 4.60. The van der Waals surface area contributed by atoms with Gasteiger partial charge in [0.05, 0.1) is 23.3 Å². The lowest BCUT2D eigenvalue weighted by Crippen LogP contribution is -2.49. The number of benzene rings is 2. The van der Waals surface area contributed by atoms with Crippen LogP contribution in [0.2, 0.25) is 5.02 Å². The van der Waals surface area contributed by atoms with Crippen molar-refractivity contribution in [2.75, 3.05) is 0 Å². The molecule has 31 heavy (non-hydrogen) atoms. The molecule has 0 aromatic heterocycles. The number of imide groups is 1. The summed E-state index contributed by atoms with van der Waals surface area (Å²) in [5, 5.41) is 13.6. The Kier molecular flexibility index (Phi) is 5.56. The summed E-state index contributed by atoms with van der Waals surface area (Å²) in [4.78, 5) is 50.1. The SMILES string of the molecule is O=C(c1cccc([N+](=O)[O-])c1)N(Cc1ccc(Cl)cc1)N1C(=O)[C@H]2CC=CC[C@@H]2C1=O. The Morgan fingerprint density at radius 2 is 1.68 bits per heavy atom. The molecule has 1 heterocycles. The van der Waals surface area contributed by atoms with Gasteiger partial charge in [-0.15, -0.1) is 0 Å². The van der Waals surface area contributed by atoms with Gasteiger partial charge in [-0.1, -0.05) is 42.0 Å². The van der Waals surface area contributed by atoms with Crippen LogP contribution in [0.1, 0.15) is 28.8 Å². The van der Waals surface area contributed by atoms with Gasteiger partial charge in [0.1, 0.15) is 0 Å². The minimum Gasteiger partial charge on any atom is -0.272 e. The van der Waals surface area contributed by atoms with E-state index in [-0.39, 0.29) is 17.8 Å². The summed E-state index contributed by atoms with van der Waals surface area (Å²) in [5.41, 5.74) is 0.405. The molecule has 3 amide bonds. The third kappa shape index (κ3) is 3.94. The molecule has 1 aliphatic carbocycles. The Labute approximate surface area is 182 Å². The van der Waals surface area contributed by atoms with Crippen LogP contribution in [-0.4, -0.2) is 32.7 Å². The Morgan fingerprint density at radius 1 is 1.06 bits per heavy atom. The number of halogens is 1. The quantitative estimate of drug-likeness (QED) is 0.305. The lowest BCUT2D eigenvalue weighted by atomic mass is 9.85. The first-order chi connectivity index (χ1) is 14.9. The fourth-order valence-electron chi connectivity index (χ4n) is 3.92. The van der Waals surface area contributed by atoms with E-state index in [9.17, 15) is 24.5 Å². The Balaban J connectivity index is 1.72. The van der Waals surface area contributed by atoms with Crippen LogP contribution in [0.4, 0.5) is 5.69 Å². The molecule has 2 atom stereocenters. The van der Waals surface area contributed by atoms with Crippen LogP contribution in [0, 0.1) is 22.0 Å². The monoisotopic (exact) mass is 439 g/mol. The molecule has 4 rings (SSSR count). The second-order valence-electron chi connectivity index (χ2n) is 7.44. The molecule has 2 aromatic rings. The Morgan fingerprint density at radius 3 is 2.26 bits per heavy atom. The normalized spacial score (nSPS) is 20.0. The van der Waals surface area contributed by atoms with Crippen LogP contribution in [0.15, 0.2) is 60.7 Å². The smallest absolute Gasteiger partial charge is 0.272 e. The molecule has 0 spiro atoms. The minimum atomic E-state index is -0.674. The van der Waals surface area contributed by atoms with Crippen LogP contribution in [0.5, 0.6) is 0 Å². The number of nitrogens with zero attached hydrogens (tertiary/aromatic N) is 3. The van der Waals surface area contributed by atoms with Crippen molar-refractivity contribution in [2.24, 2.45) is 11.8 Å². The lowest BCUT2D eigenvalue weighted by molar-refractivity contribution is -0.384. The zero-order valence-corrected chi connectivity index (χ0v) is 17.1. The van der Waals surface area contributed by atoms with Crippen molar-refractivity contribution in [1.29, 1.82) is 0 Å². The molecule has 1 aliphatic heterocycles. The number of fused-ring (bicyclic) bond motifs is 1. The molecule has 0 saturated carbocycles. The molecule has 0 radical (unpaired) electrons. The number of rotatable bonds is 5. The molecular weight excluding hydrogens is 422 g/mol. The Bertz CT molecular complexity index is 1070. The summed E-state index contributed by atoms with van der Waals surface area (Å²) in [6.45, 7) is -0.0664. The average Bonchev–Trinajstić information content (AvgIpc) is 3.03. The number of nitro benzene ring substituents is 1. The second kappa shape index (κ2) is 8.31. The first kappa shape index (κ1) is 20.7. The third-order valence-corrected chi connectivity index (χ3v) is 5.76. The van der Waals surface area contributed by atoms with Gasteiger partial charge < -0.3 is 0 Å². The molecule has 2 aromatic carbocycles. The van der Waals surface area contributed by atoms with E-state index in [2.05, 4.69) is 0 Å². The van der Waals surface area contributed by atoms with E-state index in [0.717, 1.165) is 16.1 Å². The molecule has 0 N–H and O–H groups in total. The largest absolute Gasteiger partial charge is 0.273 e. The van der Waals surface area contributed by atoms with Crippen molar-refractivity contribution in [3.8, 4) is 0 Å². The summed E-state index contributed by atoms with van der Waals surface area (Å²) < 4.78 is 0. The maximum Gasteiger partial charge on any atom is 0.273 e. The number of hydrogen-bond acceptors (Lipinski definition) is 5. The second-order valence-corrected chi connectivity index (χ2v) is 7.88. The highest BCUT2D eigenvalue weighted by atomic mass is 35.5. The number of hydrazine groups is 1. The molecule has 0 unspecified atom stereocenters. The standard InChI is InChI=1S/C22H18ClN3O5/c23-16-10-8-14(9-11-16)13-24(20(27)15-4-3-5-17(12-15)26(30)31)25-21(28)18-6-1-2-7-19(18)22(25)29/h1-5,8-12,18-19H,6-7,13H2/t18-,19-/m0/s1. The van der Waals surface area contributed by atoms with E-state index in [0.29, 0.717) is 23.4 Å². The maximum absolute atomic E-state index is 13.4. The van der Waals surface area contributed by atoms with Crippen LogP contribution >= 0.6 is 11.6 Å². The van der Waals surface area contributed by atoms with Gasteiger partial charge in [-0.3, -0.25) is 24.5 Å². The molecular formula is C22H18ClN3O5. The first-order valence-electron chi connectivity index (χ1n) is 9.70. The van der Waals surface area contributed by atoms with Crippen LogP contribution < -0.4 is 0 Å². The molecule has 2 aliphatic rings. The molecule has 1 fully saturated rings. The zero-order chi connectivity index (χ0) is 22.1. The van der Waals surface area contributed by atoms with E-state index in [1.165, 1.54) is 18.2 Å². The van der Waals surface area contributed by atoms with Gasteiger partial charge in [-0.25, -0.2) is 5.01 Å². The maximum atomic E-state index is 13.4. The number of non-ortho nitro benzene ring substituents is 1. The lowest BCUT2D eigenvalue weighted by Gasteiger charge is -2.30. The van der Waals surface area contributed by atoms with Crippen LogP contribution in [0.25, 0.3) is 0 Å². The van der Waals surface area contributed by atoms with Crippen LogP contribution in [0.3, 0.4) is 0 Å². The van der Waals surface area contributed by atoms with Gasteiger partial charge >= 0.3 is 0 Å². The highest BCUT2D eigenvalue weighted by Gasteiger charge is 2.50. The number of carbonyl (C=O) groups is 3. The van der Waals surface area contributed by atoms with E-state index in [4.69, 9.17) is 11.6 Å². The van der Waals surface area contributed by atoms with Crippen LogP contribution in [-0.2, 0) is 16.1 Å². The number of carbonyl (C=O) groups excluding carboxylic acids is 3. The summed E-state index contributed by atoms with van der Waals surface area (Å²) in [7, 11) is 0. The first-order valence-corrected chi connectivity index (χ1v) is 10.1. The minimum absolute atomic E-state index is 0.0109. The highest BCUT2D eigenvalue weighted by molar-refractivity contribution is 6.30. The molecule has 1 saturated heterocycles. The van der Waals surface area contributed by atoms with Gasteiger partial charge in [0.2, 0.25) is 0 Å². The van der Waals surface area contributed by atoms with Crippen molar-refractivity contribution in [2.45, 2.75) is 19.4 Å². The number of hydrogen-bond donors (Lipinski definition) is 0. The van der Waals surface area contributed by atoms with Crippen molar-refractivity contribution in [3.63, 3.8) is 0 Å². The third-order valence-electron chi connectivity index (χ3n) is 5.51. The van der Waals surface area contributed by atoms with Gasteiger partial charge in [0, 0.05) is 22.7 Å². The molecule has 8 nitrogen and oxygen atoms in total. The molecule has 158 valence electrons. The summed E-state index contributed by atoms with van der Waals surface area (Å²) >= 11 is 5.94. The van der Waals surface area contributed by atoms with Crippen molar-refractivity contribution >= 4 is 35.0 Å². The molecule has 9 heteroatoms. The zero-order valence-electron chi connectivity index (χ0n) is 16.3. The van der Waals surface area contributed by atoms with Gasteiger partial charge in [-0.2, -0.15) is 5.01 Å².